The summed E-state index contributed by atoms with van der Waals surface area (Å²) < 4.78 is 10.7. The van der Waals surface area contributed by atoms with E-state index < -0.39 is 0 Å². The topological polar surface area (TPSA) is 35.3 Å². The van der Waals surface area contributed by atoms with Crippen molar-refractivity contribution in [2.24, 2.45) is 0 Å². The van der Waals surface area contributed by atoms with Crippen LogP contribution in [0.2, 0.25) is 0 Å². The van der Waals surface area contributed by atoms with Gasteiger partial charge in [0.1, 0.15) is 18.1 Å². The molecule has 2 rings (SSSR count). The Balaban J connectivity index is 1.93. The van der Waals surface area contributed by atoms with Gasteiger partial charge in [-0.3, -0.25) is 0 Å². The molecule has 0 fully saturated rings. The summed E-state index contributed by atoms with van der Waals surface area (Å²) in [6.45, 7) is 2.36. The van der Waals surface area contributed by atoms with Crippen molar-refractivity contribution in [3.05, 3.63) is 35.2 Å². The first-order valence-electron chi connectivity index (χ1n) is 3.92. The monoisotopic (exact) mass is 195 g/mol. The third kappa shape index (κ3) is 2.09. The lowest BCUT2D eigenvalue weighted by Crippen LogP contribution is -1.92. The van der Waals surface area contributed by atoms with Crippen LogP contribution in [0.4, 0.5) is 0 Å². The zero-order valence-electron chi connectivity index (χ0n) is 7.19. The molecule has 0 amide bonds. The summed E-state index contributed by atoms with van der Waals surface area (Å²) in [6, 6.07) is 3.82. The maximum atomic E-state index is 5.36. The van der Waals surface area contributed by atoms with E-state index in [2.05, 4.69) is 4.98 Å². The molecule has 2 aromatic heterocycles. The maximum Gasteiger partial charge on any atom is 0.273 e. The Bertz CT molecular complexity index is 367. The lowest BCUT2D eigenvalue weighted by Gasteiger charge is -1.97. The zero-order valence-corrected chi connectivity index (χ0v) is 8.00. The minimum Gasteiger partial charge on any atom is -0.463 e. The Labute approximate surface area is 80.0 Å². The molecule has 0 aliphatic rings. The molecule has 0 saturated carbocycles. The van der Waals surface area contributed by atoms with E-state index in [0.29, 0.717) is 11.8 Å². The van der Waals surface area contributed by atoms with Gasteiger partial charge in [-0.1, -0.05) is 11.3 Å². The highest BCUT2D eigenvalue weighted by molar-refractivity contribution is 7.11. The van der Waals surface area contributed by atoms with Gasteiger partial charge in [0.15, 0.2) is 0 Å². The molecular formula is C9H9NO2S. The van der Waals surface area contributed by atoms with Gasteiger partial charge in [0.25, 0.3) is 5.19 Å². The van der Waals surface area contributed by atoms with Gasteiger partial charge in [0.2, 0.25) is 0 Å². The van der Waals surface area contributed by atoms with Gasteiger partial charge in [0.05, 0.1) is 0 Å². The van der Waals surface area contributed by atoms with E-state index in [-0.39, 0.29) is 0 Å². The summed E-state index contributed by atoms with van der Waals surface area (Å²) in [5.41, 5.74) is 0. The number of aryl methyl sites for hydroxylation is 1. The number of aromatic nitrogens is 1. The van der Waals surface area contributed by atoms with Crippen molar-refractivity contribution in [3.63, 3.8) is 0 Å². The molecule has 0 aromatic carbocycles. The van der Waals surface area contributed by atoms with E-state index in [0.717, 1.165) is 11.5 Å². The van der Waals surface area contributed by atoms with E-state index in [1.54, 1.807) is 6.20 Å². The van der Waals surface area contributed by atoms with Crippen LogP contribution in [-0.2, 0) is 6.61 Å². The van der Waals surface area contributed by atoms with E-state index >= 15 is 0 Å². The Morgan fingerprint density at radius 3 is 3.08 bits per heavy atom. The average Bonchev–Trinajstić information content (AvgIpc) is 2.71. The second-order valence-electron chi connectivity index (χ2n) is 2.60. The molecule has 2 aromatic rings. The SMILES string of the molecule is Cc1ccc(COc2nccs2)o1. The second-order valence-corrected chi connectivity index (χ2v) is 3.46. The lowest BCUT2D eigenvalue weighted by molar-refractivity contribution is 0.266. The van der Waals surface area contributed by atoms with Gasteiger partial charge in [-0.05, 0) is 19.1 Å². The third-order valence-electron chi connectivity index (χ3n) is 1.54. The van der Waals surface area contributed by atoms with Gasteiger partial charge in [-0.2, -0.15) is 0 Å². The van der Waals surface area contributed by atoms with Crippen LogP contribution >= 0.6 is 11.3 Å². The number of rotatable bonds is 3. The first-order valence-corrected chi connectivity index (χ1v) is 4.80. The quantitative estimate of drug-likeness (QED) is 0.755. The van der Waals surface area contributed by atoms with Crippen LogP contribution in [0.5, 0.6) is 5.19 Å². The van der Waals surface area contributed by atoms with Crippen molar-refractivity contribution in [1.29, 1.82) is 0 Å². The minimum absolute atomic E-state index is 0.446. The number of thiazole rings is 1. The van der Waals surface area contributed by atoms with Crippen LogP contribution in [-0.4, -0.2) is 4.98 Å². The summed E-state index contributed by atoms with van der Waals surface area (Å²) in [4.78, 5) is 3.99. The molecule has 0 radical (unpaired) electrons. The smallest absolute Gasteiger partial charge is 0.273 e. The summed E-state index contributed by atoms with van der Waals surface area (Å²) in [5.74, 6) is 1.73. The molecule has 13 heavy (non-hydrogen) atoms. The predicted molar refractivity (Wildman–Crippen MR) is 49.9 cm³/mol. The summed E-state index contributed by atoms with van der Waals surface area (Å²) >= 11 is 1.47. The maximum absolute atomic E-state index is 5.36. The fourth-order valence-corrected chi connectivity index (χ4v) is 1.46. The van der Waals surface area contributed by atoms with Crippen molar-refractivity contribution >= 4 is 11.3 Å². The van der Waals surface area contributed by atoms with Crippen molar-refractivity contribution in [2.45, 2.75) is 13.5 Å². The average molecular weight is 195 g/mol. The van der Waals surface area contributed by atoms with Crippen molar-refractivity contribution in [2.75, 3.05) is 0 Å². The van der Waals surface area contributed by atoms with E-state index in [1.807, 2.05) is 24.4 Å². The van der Waals surface area contributed by atoms with E-state index in [9.17, 15) is 0 Å². The molecule has 0 aliphatic carbocycles. The molecule has 0 atom stereocenters. The summed E-state index contributed by atoms with van der Waals surface area (Å²) in [7, 11) is 0. The molecule has 0 aliphatic heterocycles. The highest BCUT2D eigenvalue weighted by Crippen LogP contribution is 2.16. The van der Waals surface area contributed by atoms with Crippen LogP contribution in [0.3, 0.4) is 0 Å². The van der Waals surface area contributed by atoms with Gasteiger partial charge in [0, 0.05) is 11.6 Å². The van der Waals surface area contributed by atoms with Gasteiger partial charge in [-0.25, -0.2) is 4.98 Å². The highest BCUT2D eigenvalue weighted by Gasteiger charge is 2.00. The van der Waals surface area contributed by atoms with Crippen LogP contribution in [0.25, 0.3) is 0 Å². The zero-order chi connectivity index (χ0) is 9.10. The first kappa shape index (κ1) is 8.31. The number of furan rings is 1. The van der Waals surface area contributed by atoms with Gasteiger partial charge < -0.3 is 9.15 Å². The fourth-order valence-electron chi connectivity index (χ4n) is 0.977. The Morgan fingerprint density at radius 2 is 2.46 bits per heavy atom. The molecular weight excluding hydrogens is 186 g/mol. The first-order chi connectivity index (χ1) is 6.34. The number of hydrogen-bond donors (Lipinski definition) is 0. The molecule has 0 unspecified atom stereocenters. The summed E-state index contributed by atoms with van der Waals surface area (Å²) in [5, 5.41) is 2.55. The molecule has 68 valence electrons. The molecule has 4 heteroatoms. The van der Waals surface area contributed by atoms with E-state index in [4.69, 9.17) is 9.15 Å². The van der Waals surface area contributed by atoms with Crippen molar-refractivity contribution in [3.8, 4) is 5.19 Å². The Morgan fingerprint density at radius 1 is 1.54 bits per heavy atom. The highest BCUT2D eigenvalue weighted by atomic mass is 32.1. The molecule has 0 spiro atoms. The predicted octanol–water partition coefficient (Wildman–Crippen LogP) is 2.62. The summed E-state index contributed by atoms with van der Waals surface area (Å²) in [6.07, 6.45) is 1.72. The lowest BCUT2D eigenvalue weighted by atomic mass is 10.4. The Hall–Kier alpha value is -1.29. The standard InChI is InChI=1S/C9H9NO2S/c1-7-2-3-8(12-7)6-11-9-10-4-5-13-9/h2-5H,6H2,1H3. The molecule has 2 heterocycles. The number of ether oxygens (including phenoxy) is 1. The molecule has 0 saturated heterocycles. The normalized spacial score (nSPS) is 10.2. The second kappa shape index (κ2) is 3.62. The largest absolute Gasteiger partial charge is 0.463 e. The number of hydrogen-bond acceptors (Lipinski definition) is 4. The Kier molecular flexibility index (Phi) is 2.31. The molecule has 0 bridgehead atoms. The van der Waals surface area contributed by atoms with Gasteiger partial charge in [-0.15, -0.1) is 0 Å². The van der Waals surface area contributed by atoms with Crippen LogP contribution < -0.4 is 4.74 Å². The fraction of sp³-hybridized carbons (Fsp3) is 0.222. The van der Waals surface area contributed by atoms with Crippen LogP contribution in [0, 0.1) is 6.92 Å². The number of nitrogens with zero attached hydrogens (tertiary/aromatic N) is 1. The van der Waals surface area contributed by atoms with Crippen LogP contribution in [0.1, 0.15) is 11.5 Å². The minimum atomic E-state index is 0.446. The molecule has 3 nitrogen and oxygen atoms in total. The molecule has 0 N–H and O–H groups in total. The van der Waals surface area contributed by atoms with Crippen LogP contribution in [0.15, 0.2) is 28.1 Å². The van der Waals surface area contributed by atoms with E-state index in [1.165, 1.54) is 11.3 Å². The van der Waals surface area contributed by atoms with Crippen molar-refractivity contribution in [1.82, 2.24) is 4.98 Å². The van der Waals surface area contributed by atoms with Crippen molar-refractivity contribution < 1.29 is 9.15 Å². The van der Waals surface area contributed by atoms with Gasteiger partial charge >= 0.3 is 0 Å². The third-order valence-corrected chi connectivity index (χ3v) is 2.23.